The van der Waals surface area contributed by atoms with Crippen LogP contribution >= 0.6 is 12.2 Å². The van der Waals surface area contributed by atoms with Crippen LogP contribution in [0.15, 0.2) is 18.2 Å². The molecule has 4 nitrogen and oxygen atoms in total. The molecule has 0 radical (unpaired) electrons. The van der Waals surface area contributed by atoms with Gasteiger partial charge in [-0.1, -0.05) is 18.3 Å². The molecule has 0 saturated carbocycles. The molecule has 0 aliphatic rings. The summed E-state index contributed by atoms with van der Waals surface area (Å²) in [5, 5.41) is 2.53. The Morgan fingerprint density at radius 2 is 1.95 bits per heavy atom. The number of rotatable bonds is 3. The molecule has 3 N–H and O–H groups in total. The molecule has 0 amide bonds. The zero-order chi connectivity index (χ0) is 14.9. The molecule has 2 rings (SSSR count). The second kappa shape index (κ2) is 5.46. The van der Waals surface area contributed by atoms with Gasteiger partial charge < -0.3 is 11.1 Å². The first kappa shape index (κ1) is 14.3. The van der Waals surface area contributed by atoms with Gasteiger partial charge in [-0.2, -0.15) is 0 Å². The Kier molecular flexibility index (Phi) is 3.89. The van der Waals surface area contributed by atoms with Crippen LogP contribution in [0.25, 0.3) is 0 Å². The van der Waals surface area contributed by atoms with Crippen molar-refractivity contribution in [1.82, 2.24) is 9.97 Å². The molecule has 0 bridgehead atoms. The van der Waals surface area contributed by atoms with Crippen molar-refractivity contribution in [3.05, 3.63) is 46.8 Å². The predicted molar refractivity (Wildman–Crippen MR) is 77.0 cm³/mol. The highest BCUT2D eigenvalue weighted by Crippen LogP contribution is 2.24. The highest BCUT2D eigenvalue weighted by atomic mass is 32.1. The van der Waals surface area contributed by atoms with E-state index in [-0.39, 0.29) is 16.6 Å². The molecule has 0 aliphatic heterocycles. The molecule has 0 saturated heterocycles. The van der Waals surface area contributed by atoms with Crippen molar-refractivity contribution in [3.63, 3.8) is 0 Å². The lowest BCUT2D eigenvalue weighted by molar-refractivity contribution is 0.584. The summed E-state index contributed by atoms with van der Waals surface area (Å²) in [7, 11) is 0. The topological polar surface area (TPSA) is 63.8 Å². The van der Waals surface area contributed by atoms with Gasteiger partial charge in [0.05, 0.1) is 0 Å². The molecule has 7 heteroatoms. The van der Waals surface area contributed by atoms with Crippen LogP contribution in [-0.2, 0) is 0 Å². The number of hydrogen-bond donors (Lipinski definition) is 2. The zero-order valence-corrected chi connectivity index (χ0v) is 11.7. The Balaban J connectivity index is 2.45. The Bertz CT molecular complexity index is 688. The average Bonchev–Trinajstić information content (AvgIpc) is 2.38. The van der Waals surface area contributed by atoms with Gasteiger partial charge >= 0.3 is 0 Å². The van der Waals surface area contributed by atoms with Crippen LogP contribution in [0.2, 0.25) is 0 Å². The van der Waals surface area contributed by atoms with Crippen molar-refractivity contribution in [2.75, 3.05) is 5.32 Å². The van der Waals surface area contributed by atoms with E-state index >= 15 is 0 Å². The minimum Gasteiger partial charge on any atom is -0.388 e. The summed E-state index contributed by atoms with van der Waals surface area (Å²) in [5.74, 6) is -1.38. The highest BCUT2D eigenvalue weighted by molar-refractivity contribution is 7.80. The first-order valence-corrected chi connectivity index (χ1v) is 6.16. The summed E-state index contributed by atoms with van der Waals surface area (Å²) in [6.45, 7) is 3.25. The van der Waals surface area contributed by atoms with E-state index in [0.29, 0.717) is 17.0 Å². The largest absolute Gasteiger partial charge is 0.388 e. The standard InChI is InChI=1S/C13H12F2N4S/c1-6-3-4-8(14)11(10(6)15)19-13-17-7(2)5-9(18-13)12(16)20/h3-5H,1-2H3,(H2,16,20)(H,17,18,19). The summed E-state index contributed by atoms with van der Waals surface area (Å²) < 4.78 is 27.6. The van der Waals surface area contributed by atoms with E-state index in [0.717, 1.165) is 0 Å². The molecule has 104 valence electrons. The Morgan fingerprint density at radius 3 is 2.60 bits per heavy atom. The van der Waals surface area contributed by atoms with Crippen molar-refractivity contribution < 1.29 is 8.78 Å². The number of anilines is 2. The van der Waals surface area contributed by atoms with Crippen LogP contribution in [0.1, 0.15) is 17.0 Å². The van der Waals surface area contributed by atoms with Gasteiger partial charge in [-0.3, -0.25) is 0 Å². The summed E-state index contributed by atoms with van der Waals surface area (Å²) in [6, 6.07) is 4.12. The molecule has 1 heterocycles. The molecule has 0 fully saturated rings. The van der Waals surface area contributed by atoms with Gasteiger partial charge in [-0.25, -0.2) is 18.7 Å². The number of nitrogens with two attached hydrogens (primary N) is 1. The number of hydrogen-bond acceptors (Lipinski definition) is 4. The second-order valence-corrected chi connectivity index (χ2v) is 4.70. The number of thiocarbonyl (C=S) groups is 1. The van der Waals surface area contributed by atoms with Gasteiger partial charge in [0.15, 0.2) is 5.82 Å². The van der Waals surface area contributed by atoms with Crippen molar-refractivity contribution in [2.24, 2.45) is 5.73 Å². The molecule has 0 atom stereocenters. The predicted octanol–water partition coefficient (Wildman–Crippen LogP) is 2.75. The van der Waals surface area contributed by atoms with Crippen LogP contribution < -0.4 is 11.1 Å². The summed E-state index contributed by atoms with van der Waals surface area (Å²) in [5.41, 5.74) is 6.43. The average molecular weight is 294 g/mol. The number of aromatic nitrogens is 2. The second-order valence-electron chi connectivity index (χ2n) is 4.26. The number of benzene rings is 1. The van der Waals surface area contributed by atoms with E-state index in [4.69, 9.17) is 18.0 Å². The molecule has 20 heavy (non-hydrogen) atoms. The number of aryl methyl sites for hydroxylation is 2. The lowest BCUT2D eigenvalue weighted by Gasteiger charge is -2.10. The maximum absolute atomic E-state index is 13.9. The minimum atomic E-state index is -0.727. The molecule has 2 aromatic rings. The Hall–Kier alpha value is -2.15. The summed E-state index contributed by atoms with van der Waals surface area (Å²) >= 11 is 4.83. The van der Waals surface area contributed by atoms with E-state index in [1.54, 1.807) is 13.0 Å². The Labute approximate surface area is 120 Å². The number of halogens is 2. The molecular weight excluding hydrogens is 282 g/mol. The first-order chi connectivity index (χ1) is 9.38. The van der Waals surface area contributed by atoms with Crippen LogP contribution in [0.4, 0.5) is 20.4 Å². The van der Waals surface area contributed by atoms with Gasteiger partial charge in [-0.15, -0.1) is 0 Å². The van der Waals surface area contributed by atoms with Gasteiger partial charge in [-0.05, 0) is 31.5 Å². The third-order valence-electron chi connectivity index (χ3n) is 2.63. The van der Waals surface area contributed by atoms with Gasteiger partial charge in [0.2, 0.25) is 5.95 Å². The fourth-order valence-corrected chi connectivity index (χ4v) is 1.74. The third-order valence-corrected chi connectivity index (χ3v) is 2.84. The van der Waals surface area contributed by atoms with E-state index in [1.165, 1.54) is 19.1 Å². The van der Waals surface area contributed by atoms with E-state index in [1.807, 2.05) is 0 Å². The van der Waals surface area contributed by atoms with Crippen LogP contribution in [-0.4, -0.2) is 15.0 Å². The first-order valence-electron chi connectivity index (χ1n) is 5.75. The van der Waals surface area contributed by atoms with E-state index < -0.39 is 11.6 Å². The smallest absolute Gasteiger partial charge is 0.228 e. The van der Waals surface area contributed by atoms with Crippen molar-refractivity contribution in [3.8, 4) is 0 Å². The van der Waals surface area contributed by atoms with Crippen molar-refractivity contribution in [1.29, 1.82) is 0 Å². The van der Waals surface area contributed by atoms with Gasteiger partial charge in [0.1, 0.15) is 22.2 Å². The fourth-order valence-electron chi connectivity index (χ4n) is 1.63. The van der Waals surface area contributed by atoms with Crippen LogP contribution in [0, 0.1) is 25.5 Å². The SMILES string of the molecule is Cc1cc(C(N)=S)nc(Nc2c(F)ccc(C)c2F)n1. The normalized spacial score (nSPS) is 10.4. The lowest BCUT2D eigenvalue weighted by Crippen LogP contribution is -2.14. The molecule has 0 aliphatic carbocycles. The molecule has 0 unspecified atom stereocenters. The molecular formula is C13H12F2N4S. The third kappa shape index (κ3) is 2.88. The minimum absolute atomic E-state index is 0.0381. The lowest BCUT2D eigenvalue weighted by atomic mass is 10.2. The number of nitrogens with one attached hydrogen (secondary N) is 1. The summed E-state index contributed by atoms with van der Waals surface area (Å²) in [6.07, 6.45) is 0. The molecule has 1 aromatic carbocycles. The van der Waals surface area contributed by atoms with E-state index in [9.17, 15) is 8.78 Å². The van der Waals surface area contributed by atoms with Gasteiger partial charge in [0, 0.05) is 5.69 Å². The van der Waals surface area contributed by atoms with E-state index in [2.05, 4.69) is 15.3 Å². The fraction of sp³-hybridized carbons (Fsp3) is 0.154. The highest BCUT2D eigenvalue weighted by Gasteiger charge is 2.13. The maximum Gasteiger partial charge on any atom is 0.228 e. The molecule has 0 spiro atoms. The molecule has 1 aromatic heterocycles. The Morgan fingerprint density at radius 1 is 1.25 bits per heavy atom. The zero-order valence-electron chi connectivity index (χ0n) is 10.9. The number of nitrogens with zero attached hydrogens (tertiary/aromatic N) is 2. The van der Waals surface area contributed by atoms with Crippen LogP contribution in [0.5, 0.6) is 0 Å². The van der Waals surface area contributed by atoms with Crippen molar-refractivity contribution >= 4 is 28.8 Å². The monoisotopic (exact) mass is 294 g/mol. The maximum atomic E-state index is 13.9. The van der Waals surface area contributed by atoms with Gasteiger partial charge in [0.25, 0.3) is 0 Å². The van der Waals surface area contributed by atoms with Crippen molar-refractivity contribution in [2.45, 2.75) is 13.8 Å². The summed E-state index contributed by atoms with van der Waals surface area (Å²) in [4.78, 5) is 8.16. The quantitative estimate of drug-likeness (QED) is 0.852. The van der Waals surface area contributed by atoms with Crippen LogP contribution in [0.3, 0.4) is 0 Å².